The SMILES string of the molecule is Cc1nc(N2CCCN(CCO)CC2)ncc1C(=O)O. The maximum atomic E-state index is 11.0. The van der Waals surface area contributed by atoms with Crippen molar-refractivity contribution in [3.05, 3.63) is 17.5 Å². The topological polar surface area (TPSA) is 89.8 Å². The third-order valence-electron chi connectivity index (χ3n) is 3.48. The summed E-state index contributed by atoms with van der Waals surface area (Å²) in [5, 5.41) is 18.0. The Balaban J connectivity index is 2.08. The highest BCUT2D eigenvalue weighted by atomic mass is 16.4. The molecule has 0 radical (unpaired) electrons. The van der Waals surface area contributed by atoms with Crippen molar-refractivity contribution < 1.29 is 15.0 Å². The fraction of sp³-hybridized carbons (Fsp3) is 0.615. The van der Waals surface area contributed by atoms with E-state index in [0.717, 1.165) is 32.6 Å². The van der Waals surface area contributed by atoms with Gasteiger partial charge in [-0.15, -0.1) is 0 Å². The van der Waals surface area contributed by atoms with Crippen LogP contribution in [0.25, 0.3) is 0 Å². The first-order valence-electron chi connectivity index (χ1n) is 6.77. The minimum Gasteiger partial charge on any atom is -0.478 e. The molecule has 20 heavy (non-hydrogen) atoms. The number of aromatic carboxylic acids is 1. The minimum absolute atomic E-state index is 0.144. The van der Waals surface area contributed by atoms with Crippen LogP contribution in [-0.4, -0.2) is 70.4 Å². The van der Waals surface area contributed by atoms with Gasteiger partial charge in [-0.05, 0) is 19.9 Å². The Hall–Kier alpha value is -1.73. The molecule has 2 N–H and O–H groups in total. The molecule has 7 heteroatoms. The standard InChI is InChI=1S/C13H20N4O3/c1-10-11(12(19)20)9-14-13(15-10)17-4-2-3-16(5-6-17)7-8-18/h9,18H,2-8H2,1H3,(H,19,20). The molecule has 0 amide bonds. The van der Waals surface area contributed by atoms with Gasteiger partial charge >= 0.3 is 5.97 Å². The Morgan fingerprint density at radius 1 is 1.35 bits per heavy atom. The molecular formula is C13H20N4O3. The number of carboxylic acids is 1. The predicted octanol–water partition coefficient (Wildman–Crippen LogP) is -0.0124. The second kappa shape index (κ2) is 6.62. The van der Waals surface area contributed by atoms with Crippen LogP contribution >= 0.6 is 0 Å². The minimum atomic E-state index is -1.00. The number of carboxylic acid groups (broad SMARTS) is 1. The van der Waals surface area contributed by atoms with Crippen molar-refractivity contribution in [2.45, 2.75) is 13.3 Å². The molecule has 0 unspecified atom stereocenters. The highest BCUT2D eigenvalue weighted by molar-refractivity contribution is 5.88. The lowest BCUT2D eigenvalue weighted by Gasteiger charge is -2.21. The quantitative estimate of drug-likeness (QED) is 0.801. The molecule has 1 aromatic heterocycles. The van der Waals surface area contributed by atoms with Gasteiger partial charge in [0.05, 0.1) is 17.9 Å². The molecule has 1 aliphatic rings. The zero-order chi connectivity index (χ0) is 14.5. The van der Waals surface area contributed by atoms with Crippen LogP contribution in [0.3, 0.4) is 0 Å². The van der Waals surface area contributed by atoms with E-state index in [4.69, 9.17) is 10.2 Å². The van der Waals surface area contributed by atoms with E-state index in [1.165, 1.54) is 6.20 Å². The molecule has 0 aliphatic carbocycles. The summed E-state index contributed by atoms with van der Waals surface area (Å²) in [5.41, 5.74) is 0.629. The summed E-state index contributed by atoms with van der Waals surface area (Å²) in [5.74, 6) is -0.419. The fourth-order valence-corrected chi connectivity index (χ4v) is 2.35. The molecule has 2 heterocycles. The van der Waals surface area contributed by atoms with Crippen LogP contribution in [0, 0.1) is 6.92 Å². The first kappa shape index (κ1) is 14.7. The molecule has 0 saturated carbocycles. The predicted molar refractivity (Wildman–Crippen MR) is 74.1 cm³/mol. The van der Waals surface area contributed by atoms with Gasteiger partial charge in [-0.2, -0.15) is 0 Å². The second-order valence-corrected chi connectivity index (χ2v) is 4.88. The number of aryl methyl sites for hydroxylation is 1. The Labute approximate surface area is 117 Å². The van der Waals surface area contributed by atoms with Crippen LogP contribution in [0.2, 0.25) is 0 Å². The lowest BCUT2D eigenvalue weighted by atomic mass is 10.2. The molecule has 0 spiro atoms. The van der Waals surface area contributed by atoms with Crippen molar-refractivity contribution >= 4 is 11.9 Å². The number of nitrogens with zero attached hydrogens (tertiary/aromatic N) is 4. The van der Waals surface area contributed by atoms with Crippen molar-refractivity contribution in [1.82, 2.24) is 14.9 Å². The molecule has 0 aromatic carbocycles. The summed E-state index contributed by atoms with van der Waals surface area (Å²) < 4.78 is 0. The molecule has 1 saturated heterocycles. The summed E-state index contributed by atoms with van der Waals surface area (Å²) in [6.45, 7) is 5.96. The lowest BCUT2D eigenvalue weighted by molar-refractivity contribution is 0.0695. The zero-order valence-electron chi connectivity index (χ0n) is 11.6. The summed E-state index contributed by atoms with van der Waals surface area (Å²) in [7, 11) is 0. The fourth-order valence-electron chi connectivity index (χ4n) is 2.35. The van der Waals surface area contributed by atoms with E-state index in [0.29, 0.717) is 18.2 Å². The van der Waals surface area contributed by atoms with E-state index in [1.54, 1.807) is 6.92 Å². The maximum absolute atomic E-state index is 11.0. The number of aliphatic hydroxyl groups excluding tert-OH is 1. The number of hydrogen-bond acceptors (Lipinski definition) is 6. The van der Waals surface area contributed by atoms with Crippen molar-refractivity contribution in [2.75, 3.05) is 44.2 Å². The van der Waals surface area contributed by atoms with Gasteiger partial charge in [0.15, 0.2) is 0 Å². The number of aromatic nitrogens is 2. The van der Waals surface area contributed by atoms with E-state index in [2.05, 4.69) is 19.8 Å². The normalized spacial score (nSPS) is 17.0. The van der Waals surface area contributed by atoms with Crippen molar-refractivity contribution in [3.63, 3.8) is 0 Å². The molecule has 0 atom stereocenters. The number of rotatable bonds is 4. The van der Waals surface area contributed by atoms with Crippen LogP contribution in [0.1, 0.15) is 22.5 Å². The van der Waals surface area contributed by atoms with Gasteiger partial charge in [-0.1, -0.05) is 0 Å². The van der Waals surface area contributed by atoms with Gasteiger partial charge < -0.3 is 15.1 Å². The average molecular weight is 280 g/mol. The van der Waals surface area contributed by atoms with Crippen molar-refractivity contribution in [3.8, 4) is 0 Å². The Bertz CT molecular complexity index is 481. The Morgan fingerprint density at radius 2 is 2.15 bits per heavy atom. The first-order valence-corrected chi connectivity index (χ1v) is 6.77. The lowest BCUT2D eigenvalue weighted by Crippen LogP contribution is -2.33. The third kappa shape index (κ3) is 3.43. The van der Waals surface area contributed by atoms with Gasteiger partial charge in [-0.3, -0.25) is 4.90 Å². The van der Waals surface area contributed by atoms with Gasteiger partial charge in [0.1, 0.15) is 0 Å². The van der Waals surface area contributed by atoms with Crippen LogP contribution in [0.5, 0.6) is 0 Å². The average Bonchev–Trinajstić information content (AvgIpc) is 2.64. The van der Waals surface area contributed by atoms with E-state index in [1.807, 2.05) is 0 Å². The monoisotopic (exact) mass is 280 g/mol. The highest BCUT2D eigenvalue weighted by Gasteiger charge is 2.18. The van der Waals surface area contributed by atoms with Crippen molar-refractivity contribution in [2.24, 2.45) is 0 Å². The number of anilines is 1. The molecule has 7 nitrogen and oxygen atoms in total. The summed E-state index contributed by atoms with van der Waals surface area (Å²) in [6, 6.07) is 0. The highest BCUT2D eigenvalue weighted by Crippen LogP contribution is 2.14. The smallest absolute Gasteiger partial charge is 0.339 e. The zero-order valence-corrected chi connectivity index (χ0v) is 11.6. The number of hydrogen-bond donors (Lipinski definition) is 2. The number of β-amino-alcohol motifs (C(OH)–C–C–N with tert-alkyl or cyclic N) is 1. The van der Waals surface area contributed by atoms with E-state index in [-0.39, 0.29) is 12.2 Å². The molecule has 1 fully saturated rings. The van der Waals surface area contributed by atoms with Gasteiger partial charge in [0.2, 0.25) is 5.95 Å². The largest absolute Gasteiger partial charge is 0.478 e. The van der Waals surface area contributed by atoms with Crippen LogP contribution in [-0.2, 0) is 0 Å². The van der Waals surface area contributed by atoms with Gasteiger partial charge in [-0.25, -0.2) is 14.8 Å². The number of carbonyl (C=O) groups is 1. The Kier molecular flexibility index (Phi) is 4.86. The molecule has 1 aromatic rings. The van der Waals surface area contributed by atoms with E-state index >= 15 is 0 Å². The molecule has 110 valence electrons. The summed E-state index contributed by atoms with van der Waals surface area (Å²) in [6.07, 6.45) is 2.35. The summed E-state index contributed by atoms with van der Waals surface area (Å²) >= 11 is 0. The van der Waals surface area contributed by atoms with Crippen LogP contribution in [0.4, 0.5) is 5.95 Å². The van der Waals surface area contributed by atoms with Gasteiger partial charge in [0, 0.05) is 32.4 Å². The maximum Gasteiger partial charge on any atom is 0.339 e. The van der Waals surface area contributed by atoms with Crippen LogP contribution < -0.4 is 4.90 Å². The molecular weight excluding hydrogens is 260 g/mol. The van der Waals surface area contributed by atoms with E-state index in [9.17, 15) is 4.79 Å². The van der Waals surface area contributed by atoms with Crippen molar-refractivity contribution in [1.29, 1.82) is 0 Å². The van der Waals surface area contributed by atoms with Crippen LogP contribution in [0.15, 0.2) is 6.20 Å². The first-order chi connectivity index (χ1) is 9.61. The Morgan fingerprint density at radius 3 is 2.80 bits per heavy atom. The molecule has 2 rings (SSSR count). The van der Waals surface area contributed by atoms with Gasteiger partial charge in [0.25, 0.3) is 0 Å². The summed E-state index contributed by atoms with van der Waals surface area (Å²) in [4.78, 5) is 23.7. The second-order valence-electron chi connectivity index (χ2n) is 4.88. The number of aliphatic hydroxyl groups is 1. The molecule has 1 aliphatic heterocycles. The molecule has 0 bridgehead atoms. The van der Waals surface area contributed by atoms with E-state index < -0.39 is 5.97 Å². The third-order valence-corrected chi connectivity index (χ3v) is 3.48.